The minimum absolute atomic E-state index is 0.143. The number of carbonyl (C=O) groups is 6. The first-order valence-corrected chi connectivity index (χ1v) is 11.4. The number of primary amides is 1. The number of carboxylic acids is 2. The van der Waals surface area contributed by atoms with Crippen LogP contribution in [-0.2, 0) is 28.8 Å². The van der Waals surface area contributed by atoms with E-state index in [4.69, 9.17) is 21.7 Å². The van der Waals surface area contributed by atoms with E-state index in [0.29, 0.717) is 5.75 Å². The first-order chi connectivity index (χ1) is 14.9. The Morgan fingerprint density at radius 2 is 1.44 bits per heavy atom. The zero-order chi connectivity index (χ0) is 24.8. The summed E-state index contributed by atoms with van der Waals surface area (Å²) in [4.78, 5) is 70.5. The molecule has 0 aliphatic carbocycles. The fourth-order valence-electron chi connectivity index (χ4n) is 2.33. The molecule has 0 saturated heterocycles. The average molecular weight is 496 g/mol. The Labute approximate surface area is 194 Å². The molecule has 0 aromatic carbocycles. The second-order valence-electron chi connectivity index (χ2n) is 6.70. The van der Waals surface area contributed by atoms with E-state index in [-0.39, 0.29) is 25.0 Å². The van der Waals surface area contributed by atoms with Gasteiger partial charge in [-0.2, -0.15) is 24.4 Å². The molecule has 32 heavy (non-hydrogen) atoms. The highest BCUT2D eigenvalue weighted by atomic mass is 32.2. The molecule has 0 aromatic heterocycles. The van der Waals surface area contributed by atoms with Crippen molar-refractivity contribution in [3.05, 3.63) is 0 Å². The Morgan fingerprint density at radius 1 is 0.906 bits per heavy atom. The van der Waals surface area contributed by atoms with Gasteiger partial charge in [0.1, 0.15) is 18.1 Å². The summed E-state index contributed by atoms with van der Waals surface area (Å²) in [5, 5.41) is 24.6. The van der Waals surface area contributed by atoms with Crippen LogP contribution in [0.15, 0.2) is 0 Å². The zero-order valence-electron chi connectivity index (χ0n) is 17.4. The molecule has 15 heteroatoms. The van der Waals surface area contributed by atoms with E-state index in [0.717, 1.165) is 0 Å². The van der Waals surface area contributed by atoms with Gasteiger partial charge in [0, 0.05) is 12.2 Å². The number of hydrogen-bond donors (Lipinski definition) is 8. The normalized spacial score (nSPS) is 14.3. The molecule has 4 unspecified atom stereocenters. The van der Waals surface area contributed by atoms with Crippen LogP contribution in [0.5, 0.6) is 0 Å². The minimum Gasteiger partial charge on any atom is -0.481 e. The molecule has 0 saturated carbocycles. The predicted octanol–water partition coefficient (Wildman–Crippen LogP) is -2.72. The van der Waals surface area contributed by atoms with Gasteiger partial charge in [-0.1, -0.05) is 0 Å². The van der Waals surface area contributed by atoms with Gasteiger partial charge >= 0.3 is 11.9 Å². The number of carbonyl (C=O) groups excluding carboxylic acids is 4. The molecule has 182 valence electrons. The molecular formula is C17H29N5O8S2. The van der Waals surface area contributed by atoms with Crippen LogP contribution < -0.4 is 27.4 Å². The Balaban J connectivity index is 5.36. The molecule has 0 spiro atoms. The summed E-state index contributed by atoms with van der Waals surface area (Å²) in [6.45, 7) is 0. The van der Waals surface area contributed by atoms with Gasteiger partial charge < -0.3 is 37.6 Å². The molecule has 4 atom stereocenters. The fourth-order valence-corrected chi connectivity index (χ4v) is 3.05. The van der Waals surface area contributed by atoms with Crippen LogP contribution in [0.25, 0.3) is 0 Å². The molecule has 0 fully saturated rings. The third-order valence-electron chi connectivity index (χ3n) is 4.09. The van der Waals surface area contributed by atoms with Crippen LogP contribution in [0.3, 0.4) is 0 Å². The van der Waals surface area contributed by atoms with Crippen LogP contribution in [0.4, 0.5) is 0 Å². The van der Waals surface area contributed by atoms with Gasteiger partial charge in [-0.3, -0.25) is 24.0 Å². The van der Waals surface area contributed by atoms with Crippen molar-refractivity contribution in [2.45, 2.75) is 49.9 Å². The van der Waals surface area contributed by atoms with Crippen molar-refractivity contribution in [1.82, 2.24) is 16.0 Å². The first-order valence-electron chi connectivity index (χ1n) is 9.42. The maximum atomic E-state index is 12.7. The van der Waals surface area contributed by atoms with Crippen LogP contribution >= 0.6 is 24.4 Å². The lowest BCUT2D eigenvalue weighted by molar-refractivity contribution is -0.142. The quantitative estimate of drug-likeness (QED) is 0.103. The average Bonchev–Trinajstić information content (AvgIpc) is 2.71. The van der Waals surface area contributed by atoms with Crippen molar-refractivity contribution in [3.63, 3.8) is 0 Å². The Kier molecular flexibility index (Phi) is 14.1. The van der Waals surface area contributed by atoms with Crippen molar-refractivity contribution in [2.24, 2.45) is 11.5 Å². The van der Waals surface area contributed by atoms with E-state index < -0.39 is 66.2 Å². The third kappa shape index (κ3) is 11.8. The summed E-state index contributed by atoms with van der Waals surface area (Å²) in [6.07, 6.45) is 0.807. The highest BCUT2D eigenvalue weighted by Gasteiger charge is 2.30. The molecule has 0 radical (unpaired) electrons. The lowest BCUT2D eigenvalue weighted by Crippen LogP contribution is -2.58. The number of carboxylic acid groups (broad SMARTS) is 2. The maximum Gasteiger partial charge on any atom is 0.327 e. The number of aliphatic carboxylic acids is 2. The Morgan fingerprint density at radius 3 is 1.91 bits per heavy atom. The molecule has 4 amide bonds. The van der Waals surface area contributed by atoms with Crippen LogP contribution in [-0.4, -0.2) is 87.7 Å². The molecular weight excluding hydrogens is 466 g/mol. The van der Waals surface area contributed by atoms with Crippen molar-refractivity contribution in [1.29, 1.82) is 0 Å². The van der Waals surface area contributed by atoms with E-state index in [1.807, 2.05) is 0 Å². The lowest BCUT2D eigenvalue weighted by atomic mass is 10.1. The number of nitrogens with one attached hydrogen (secondary N) is 3. The second kappa shape index (κ2) is 15.3. The van der Waals surface area contributed by atoms with Gasteiger partial charge in [-0.05, 0) is 24.9 Å². The summed E-state index contributed by atoms with van der Waals surface area (Å²) < 4.78 is 0. The van der Waals surface area contributed by atoms with Crippen molar-refractivity contribution in [2.75, 3.05) is 17.8 Å². The zero-order valence-corrected chi connectivity index (χ0v) is 19.1. The predicted molar refractivity (Wildman–Crippen MR) is 119 cm³/mol. The molecule has 0 aliphatic heterocycles. The van der Waals surface area contributed by atoms with E-state index in [1.165, 1.54) is 11.8 Å². The Bertz CT molecular complexity index is 708. The standard InChI is InChI=1S/C17H29N5O8S2/c1-32-5-4-9(20-14(26)8(18)2-3-13(24)25)15(27)21-10(6-12(19)23)16(28)22-11(7-31)17(29)30/h8-11,31H,2-7,18H2,1H3,(H2,19,23)(H,20,26)(H,21,27)(H,22,28)(H,24,25)(H,29,30). The van der Waals surface area contributed by atoms with Gasteiger partial charge in [0.25, 0.3) is 0 Å². The fraction of sp³-hybridized carbons (Fsp3) is 0.647. The second-order valence-corrected chi connectivity index (χ2v) is 8.05. The summed E-state index contributed by atoms with van der Waals surface area (Å²) in [5.41, 5.74) is 10.8. The van der Waals surface area contributed by atoms with Crippen molar-refractivity contribution < 1.29 is 39.0 Å². The molecule has 0 rings (SSSR count). The van der Waals surface area contributed by atoms with Crippen LogP contribution in [0.1, 0.15) is 25.7 Å². The number of thiol groups is 1. The summed E-state index contributed by atoms with van der Waals surface area (Å²) in [7, 11) is 0. The molecule has 9 N–H and O–H groups in total. The molecule has 0 bridgehead atoms. The molecule has 0 aliphatic rings. The monoisotopic (exact) mass is 495 g/mol. The van der Waals surface area contributed by atoms with Crippen molar-refractivity contribution >= 4 is 60.0 Å². The largest absolute Gasteiger partial charge is 0.481 e. The van der Waals surface area contributed by atoms with E-state index in [9.17, 15) is 28.8 Å². The summed E-state index contributed by atoms with van der Waals surface area (Å²) in [5.74, 6) is -5.77. The highest BCUT2D eigenvalue weighted by Crippen LogP contribution is 2.05. The number of hydrogen-bond acceptors (Lipinski definition) is 9. The molecule has 13 nitrogen and oxygen atoms in total. The molecule has 0 aromatic rings. The van der Waals surface area contributed by atoms with Gasteiger partial charge in [-0.25, -0.2) is 4.79 Å². The smallest absolute Gasteiger partial charge is 0.327 e. The van der Waals surface area contributed by atoms with E-state index >= 15 is 0 Å². The van der Waals surface area contributed by atoms with Gasteiger partial charge in [-0.15, -0.1) is 0 Å². The molecule has 0 heterocycles. The number of rotatable bonds is 16. The maximum absolute atomic E-state index is 12.7. The summed E-state index contributed by atoms with van der Waals surface area (Å²) in [6, 6.07) is -5.17. The Hall–Kier alpha value is -2.52. The van der Waals surface area contributed by atoms with E-state index in [2.05, 4.69) is 28.6 Å². The van der Waals surface area contributed by atoms with Crippen LogP contribution in [0.2, 0.25) is 0 Å². The summed E-state index contributed by atoms with van der Waals surface area (Å²) >= 11 is 5.20. The van der Waals surface area contributed by atoms with Crippen molar-refractivity contribution in [3.8, 4) is 0 Å². The first kappa shape index (κ1) is 29.5. The van der Waals surface area contributed by atoms with Gasteiger partial charge in [0.15, 0.2) is 0 Å². The SMILES string of the molecule is CSCCC(NC(=O)C(N)CCC(=O)O)C(=O)NC(CC(N)=O)C(=O)NC(CS)C(=O)O. The lowest BCUT2D eigenvalue weighted by Gasteiger charge is -2.24. The van der Waals surface area contributed by atoms with Gasteiger partial charge in [0.2, 0.25) is 23.6 Å². The number of nitrogens with two attached hydrogens (primary N) is 2. The van der Waals surface area contributed by atoms with Crippen LogP contribution in [0, 0.1) is 0 Å². The van der Waals surface area contributed by atoms with Gasteiger partial charge in [0.05, 0.1) is 12.5 Å². The minimum atomic E-state index is -1.49. The number of amides is 4. The highest BCUT2D eigenvalue weighted by molar-refractivity contribution is 7.98. The third-order valence-corrected chi connectivity index (χ3v) is 5.09. The van der Waals surface area contributed by atoms with E-state index in [1.54, 1.807) is 6.26 Å². The number of thioether (sulfide) groups is 1. The topological polar surface area (TPSA) is 231 Å².